The van der Waals surface area contributed by atoms with Gasteiger partial charge >= 0.3 is 0 Å². The first-order chi connectivity index (χ1) is 10.1. The summed E-state index contributed by atoms with van der Waals surface area (Å²) in [6, 6.07) is 5.40. The van der Waals surface area contributed by atoms with Crippen molar-refractivity contribution in [1.82, 2.24) is 10.2 Å². The van der Waals surface area contributed by atoms with Crippen LogP contribution in [0.2, 0.25) is 0 Å². The number of likely N-dealkylation sites (tertiary alicyclic amines) is 1. The second-order valence-electron chi connectivity index (χ2n) is 5.38. The van der Waals surface area contributed by atoms with Crippen LogP contribution in [0, 0.1) is 0 Å². The molecular weight excluding hydrogens is 272 g/mol. The molecule has 6 nitrogen and oxygen atoms in total. The van der Waals surface area contributed by atoms with Crippen molar-refractivity contribution >= 4 is 11.8 Å². The topological polar surface area (TPSA) is 67.9 Å². The molecule has 0 spiro atoms. The maximum atomic E-state index is 12.1. The van der Waals surface area contributed by atoms with Gasteiger partial charge in [0.25, 0.3) is 0 Å². The highest BCUT2D eigenvalue weighted by Crippen LogP contribution is 2.34. The normalized spacial score (nSPS) is 22.6. The van der Waals surface area contributed by atoms with E-state index in [2.05, 4.69) is 5.32 Å². The summed E-state index contributed by atoms with van der Waals surface area (Å²) in [5.41, 5.74) is 1.02. The first kappa shape index (κ1) is 13.9. The zero-order chi connectivity index (χ0) is 15.0. The van der Waals surface area contributed by atoms with Crippen molar-refractivity contribution in [2.75, 3.05) is 13.8 Å². The number of benzene rings is 1. The second-order valence-corrected chi connectivity index (χ2v) is 5.38. The lowest BCUT2D eigenvalue weighted by Crippen LogP contribution is -2.51. The van der Waals surface area contributed by atoms with Gasteiger partial charge in [0.1, 0.15) is 0 Å². The van der Waals surface area contributed by atoms with Crippen molar-refractivity contribution in [3.05, 3.63) is 23.8 Å². The zero-order valence-electron chi connectivity index (χ0n) is 12.1. The molecule has 0 radical (unpaired) electrons. The Morgan fingerprint density at radius 1 is 1.29 bits per heavy atom. The van der Waals surface area contributed by atoms with E-state index in [1.165, 1.54) is 11.9 Å². The van der Waals surface area contributed by atoms with E-state index in [0.29, 0.717) is 12.8 Å². The lowest BCUT2D eigenvalue weighted by atomic mass is 10.0. The number of carbonyl (C=O) groups is 2. The largest absolute Gasteiger partial charge is 0.454 e. The Labute approximate surface area is 123 Å². The van der Waals surface area contributed by atoms with E-state index in [9.17, 15) is 9.59 Å². The molecule has 2 aliphatic heterocycles. The fourth-order valence-corrected chi connectivity index (χ4v) is 2.65. The van der Waals surface area contributed by atoms with Crippen molar-refractivity contribution in [1.29, 1.82) is 0 Å². The van der Waals surface area contributed by atoms with Crippen molar-refractivity contribution in [2.24, 2.45) is 0 Å². The number of nitrogens with zero attached hydrogens (tertiary/aromatic N) is 1. The molecule has 2 unspecified atom stereocenters. The molecule has 2 amide bonds. The lowest BCUT2D eigenvalue weighted by molar-refractivity contribution is -0.148. The molecule has 6 heteroatoms. The minimum atomic E-state index is -0.326. The summed E-state index contributed by atoms with van der Waals surface area (Å²) in [5.74, 6) is 1.18. The van der Waals surface area contributed by atoms with Gasteiger partial charge in [-0.15, -0.1) is 0 Å². The number of carbonyl (C=O) groups excluding carboxylic acids is 2. The van der Waals surface area contributed by atoms with Crippen LogP contribution in [0.4, 0.5) is 0 Å². The van der Waals surface area contributed by atoms with Gasteiger partial charge in [-0.3, -0.25) is 19.8 Å². The molecule has 1 aromatic carbocycles. The molecular formula is C15H18N2O4. The van der Waals surface area contributed by atoms with Gasteiger partial charge < -0.3 is 9.47 Å². The Balaban J connectivity index is 1.70. The average molecular weight is 290 g/mol. The lowest BCUT2D eigenvalue weighted by Gasteiger charge is -2.30. The van der Waals surface area contributed by atoms with Gasteiger partial charge in [0, 0.05) is 19.5 Å². The van der Waals surface area contributed by atoms with Gasteiger partial charge in [0.05, 0.1) is 6.04 Å². The zero-order valence-corrected chi connectivity index (χ0v) is 12.1. The molecule has 2 heterocycles. The summed E-state index contributed by atoms with van der Waals surface area (Å²) in [6.07, 6.45) is 0.935. The van der Waals surface area contributed by atoms with Crippen molar-refractivity contribution in [3.63, 3.8) is 0 Å². The number of ether oxygens (including phenoxy) is 2. The monoisotopic (exact) mass is 290 g/mol. The quantitative estimate of drug-likeness (QED) is 0.848. The number of piperidine rings is 1. The summed E-state index contributed by atoms with van der Waals surface area (Å²) in [4.78, 5) is 24.8. The molecule has 3 rings (SSSR count). The molecule has 0 bridgehead atoms. The van der Waals surface area contributed by atoms with Crippen LogP contribution in [0.5, 0.6) is 11.5 Å². The molecule has 1 aromatic rings. The van der Waals surface area contributed by atoms with Gasteiger partial charge in [0.15, 0.2) is 11.5 Å². The molecule has 1 fully saturated rings. The highest BCUT2D eigenvalue weighted by atomic mass is 16.7. The van der Waals surface area contributed by atoms with Crippen LogP contribution < -0.4 is 14.8 Å². The van der Waals surface area contributed by atoms with Gasteiger partial charge in [-0.05, 0) is 31.0 Å². The van der Waals surface area contributed by atoms with Gasteiger partial charge in [-0.1, -0.05) is 6.07 Å². The number of nitrogens with one attached hydrogen (secondary N) is 1. The first-order valence-electron chi connectivity index (χ1n) is 7.02. The van der Waals surface area contributed by atoms with Crippen LogP contribution >= 0.6 is 0 Å². The number of fused-ring (bicyclic) bond motifs is 1. The minimum absolute atomic E-state index is 0.0185. The van der Waals surface area contributed by atoms with Crippen LogP contribution in [-0.2, 0) is 9.59 Å². The van der Waals surface area contributed by atoms with E-state index >= 15 is 0 Å². The van der Waals surface area contributed by atoms with E-state index in [-0.39, 0.29) is 30.7 Å². The smallest absolute Gasteiger partial charge is 0.246 e. The Morgan fingerprint density at radius 2 is 2.05 bits per heavy atom. The fourth-order valence-electron chi connectivity index (χ4n) is 2.65. The average Bonchev–Trinajstić information content (AvgIpc) is 2.95. The van der Waals surface area contributed by atoms with Crippen LogP contribution in [-0.4, -0.2) is 36.6 Å². The number of hydrogen-bond acceptors (Lipinski definition) is 5. The van der Waals surface area contributed by atoms with E-state index in [1.54, 1.807) is 0 Å². The summed E-state index contributed by atoms with van der Waals surface area (Å²) in [6.45, 7) is 2.23. The van der Waals surface area contributed by atoms with E-state index in [4.69, 9.17) is 9.47 Å². The molecule has 21 heavy (non-hydrogen) atoms. The van der Waals surface area contributed by atoms with Crippen molar-refractivity contribution in [3.8, 4) is 11.5 Å². The predicted octanol–water partition coefficient (Wildman–Crippen LogP) is 1.21. The first-order valence-corrected chi connectivity index (χ1v) is 7.02. The Hall–Kier alpha value is -2.08. The summed E-state index contributed by atoms with van der Waals surface area (Å²) >= 11 is 0. The number of amides is 2. The molecule has 0 aliphatic carbocycles. The van der Waals surface area contributed by atoms with Crippen LogP contribution in [0.3, 0.4) is 0 Å². The SMILES string of the molecule is CC(NC1CCC(=O)N(C)C1=O)c1ccc2c(c1)OCO2. The molecule has 112 valence electrons. The second kappa shape index (κ2) is 5.37. The molecule has 1 saturated heterocycles. The van der Waals surface area contributed by atoms with Crippen molar-refractivity contribution in [2.45, 2.75) is 31.8 Å². The molecule has 0 aromatic heterocycles. The number of likely N-dealkylation sites (N-methyl/N-ethyl adjacent to an activating group) is 1. The predicted molar refractivity (Wildman–Crippen MR) is 74.9 cm³/mol. The standard InChI is InChI=1S/C15H18N2O4/c1-9(10-3-5-12-13(7-10)21-8-20-12)16-11-4-6-14(18)17(2)15(11)19/h3,5,7,9,11,16H,4,6,8H2,1-2H3. The molecule has 2 atom stereocenters. The Morgan fingerprint density at radius 3 is 2.86 bits per heavy atom. The van der Waals surface area contributed by atoms with Gasteiger partial charge in [-0.25, -0.2) is 0 Å². The summed E-state index contributed by atoms with van der Waals surface area (Å²) in [5, 5.41) is 3.29. The number of hydrogen-bond donors (Lipinski definition) is 1. The third-order valence-electron chi connectivity index (χ3n) is 4.00. The highest BCUT2D eigenvalue weighted by molar-refractivity contribution is 6.00. The van der Waals surface area contributed by atoms with Gasteiger partial charge in [0.2, 0.25) is 18.6 Å². The maximum Gasteiger partial charge on any atom is 0.246 e. The van der Waals surface area contributed by atoms with Crippen LogP contribution in [0.1, 0.15) is 31.4 Å². The van der Waals surface area contributed by atoms with Crippen LogP contribution in [0.25, 0.3) is 0 Å². The molecule has 1 N–H and O–H groups in total. The van der Waals surface area contributed by atoms with Crippen LogP contribution in [0.15, 0.2) is 18.2 Å². The van der Waals surface area contributed by atoms with Crippen molar-refractivity contribution < 1.29 is 19.1 Å². The Kier molecular flexibility index (Phi) is 3.55. The fraction of sp³-hybridized carbons (Fsp3) is 0.467. The summed E-state index contributed by atoms with van der Waals surface area (Å²) < 4.78 is 10.6. The number of imide groups is 1. The van der Waals surface area contributed by atoms with E-state index < -0.39 is 0 Å². The Bertz CT molecular complexity index is 587. The number of rotatable bonds is 3. The third kappa shape index (κ3) is 2.58. The minimum Gasteiger partial charge on any atom is -0.454 e. The molecule has 0 saturated carbocycles. The van der Waals surface area contributed by atoms with E-state index in [1.807, 2.05) is 25.1 Å². The van der Waals surface area contributed by atoms with E-state index in [0.717, 1.165) is 17.1 Å². The maximum absolute atomic E-state index is 12.1. The third-order valence-corrected chi connectivity index (χ3v) is 4.00. The summed E-state index contributed by atoms with van der Waals surface area (Å²) in [7, 11) is 1.53. The molecule has 2 aliphatic rings. The van der Waals surface area contributed by atoms with Gasteiger partial charge in [-0.2, -0.15) is 0 Å². The highest BCUT2D eigenvalue weighted by Gasteiger charge is 2.32.